The number of amides is 1. The highest BCUT2D eigenvalue weighted by atomic mass is 16.2. The minimum Gasteiger partial charge on any atom is -0.361 e. The van der Waals surface area contributed by atoms with Crippen LogP contribution in [0.2, 0.25) is 0 Å². The zero-order chi connectivity index (χ0) is 23.6. The van der Waals surface area contributed by atoms with Gasteiger partial charge in [0.1, 0.15) is 5.82 Å². The van der Waals surface area contributed by atoms with Crippen molar-refractivity contribution < 1.29 is 4.79 Å². The van der Waals surface area contributed by atoms with Crippen molar-refractivity contribution in [2.45, 2.75) is 25.9 Å². The summed E-state index contributed by atoms with van der Waals surface area (Å²) in [6.07, 6.45) is 6.72. The zero-order valence-corrected chi connectivity index (χ0v) is 19.0. The molecule has 1 aliphatic heterocycles. The molecule has 0 atom stereocenters. The van der Waals surface area contributed by atoms with Gasteiger partial charge in [0.15, 0.2) is 17.0 Å². The van der Waals surface area contributed by atoms with Crippen molar-refractivity contribution >= 4 is 45.6 Å². The van der Waals surface area contributed by atoms with Crippen LogP contribution in [0.5, 0.6) is 0 Å². The van der Waals surface area contributed by atoms with Gasteiger partial charge in [-0.05, 0) is 30.7 Å². The first kappa shape index (κ1) is 21.0. The van der Waals surface area contributed by atoms with Crippen LogP contribution in [0.1, 0.15) is 18.7 Å². The van der Waals surface area contributed by atoms with Crippen molar-refractivity contribution in [3.8, 4) is 0 Å². The number of likely N-dealkylation sites (tertiary alicyclic amines) is 1. The van der Waals surface area contributed by atoms with Crippen LogP contribution >= 0.6 is 0 Å². The molecule has 0 saturated carbocycles. The smallest absolute Gasteiger partial charge is 0.231 e. The van der Waals surface area contributed by atoms with Gasteiger partial charge in [0.25, 0.3) is 0 Å². The van der Waals surface area contributed by atoms with Crippen LogP contribution in [-0.2, 0) is 17.9 Å². The maximum atomic E-state index is 12.0. The highest BCUT2D eigenvalue weighted by Crippen LogP contribution is 2.24. The van der Waals surface area contributed by atoms with Gasteiger partial charge in [-0.25, -0.2) is 9.97 Å². The fourth-order valence-corrected chi connectivity index (χ4v) is 4.28. The lowest BCUT2D eigenvalue weighted by molar-refractivity contribution is -0.127. The van der Waals surface area contributed by atoms with Crippen molar-refractivity contribution in [2.75, 3.05) is 23.7 Å². The Morgan fingerprint density at radius 2 is 2.00 bits per heavy atom. The van der Waals surface area contributed by atoms with E-state index in [2.05, 4.69) is 35.6 Å². The number of anilines is 3. The van der Waals surface area contributed by atoms with Crippen LogP contribution in [0.3, 0.4) is 0 Å². The van der Waals surface area contributed by atoms with Gasteiger partial charge in [-0.15, -0.1) is 0 Å². The van der Waals surface area contributed by atoms with Crippen LogP contribution in [0, 0.1) is 0 Å². The molecule has 0 bridgehead atoms. The van der Waals surface area contributed by atoms with Crippen molar-refractivity contribution in [3.05, 3.63) is 60.9 Å². The molecule has 1 aliphatic rings. The van der Waals surface area contributed by atoms with Crippen LogP contribution in [0.15, 0.2) is 55.1 Å². The van der Waals surface area contributed by atoms with Crippen LogP contribution in [0.4, 0.5) is 17.5 Å². The van der Waals surface area contributed by atoms with E-state index in [0.29, 0.717) is 49.0 Å². The lowest BCUT2D eigenvalue weighted by atomic mass is 10.3. The molecule has 0 radical (unpaired) electrons. The normalized spacial score (nSPS) is 13.7. The number of para-hydroxylation sites is 2. The van der Waals surface area contributed by atoms with Gasteiger partial charge >= 0.3 is 0 Å². The molecule has 6 rings (SSSR count). The second-order valence-electron chi connectivity index (χ2n) is 8.41. The number of hydrogen-bond donors (Lipinski definition) is 3. The van der Waals surface area contributed by atoms with Crippen molar-refractivity contribution in [1.29, 1.82) is 0 Å². The third kappa shape index (κ3) is 4.35. The number of imidazole rings is 2. The predicted octanol–water partition coefficient (Wildman–Crippen LogP) is 3.08. The maximum Gasteiger partial charge on any atom is 0.231 e. The zero-order valence-electron chi connectivity index (χ0n) is 19.0. The number of fused-ring (bicyclic) bond motifs is 2. The van der Waals surface area contributed by atoms with Gasteiger partial charge in [-0.3, -0.25) is 9.78 Å². The molecule has 11 nitrogen and oxygen atoms in total. The third-order valence-electron chi connectivity index (χ3n) is 6.03. The number of nitrogens with one attached hydrogen (secondary N) is 3. The predicted molar refractivity (Wildman–Crippen MR) is 132 cm³/mol. The van der Waals surface area contributed by atoms with Gasteiger partial charge in [0.2, 0.25) is 11.9 Å². The summed E-state index contributed by atoms with van der Waals surface area (Å²) in [4.78, 5) is 40.0. The number of hydrogen-bond acceptors (Lipinski definition) is 8. The molecule has 5 heterocycles. The molecular weight excluding hydrogens is 444 g/mol. The SMILES string of the molecule is O=C1CCCN1CCn1cnc2c(NCc3nc4ccccc4[nH]3)nc(Nc3cccnc3)nc21. The second kappa shape index (κ2) is 9.01. The molecule has 11 heteroatoms. The van der Waals surface area contributed by atoms with E-state index in [1.165, 1.54) is 0 Å². The summed E-state index contributed by atoms with van der Waals surface area (Å²) in [5, 5.41) is 6.59. The molecule has 4 aromatic heterocycles. The molecule has 1 aromatic carbocycles. The summed E-state index contributed by atoms with van der Waals surface area (Å²) in [5.41, 5.74) is 4.02. The molecule has 0 spiro atoms. The molecular formula is C24H24N10O. The van der Waals surface area contributed by atoms with Crippen LogP contribution in [-0.4, -0.2) is 58.4 Å². The average molecular weight is 469 g/mol. The molecule has 1 saturated heterocycles. The van der Waals surface area contributed by atoms with E-state index in [-0.39, 0.29) is 5.91 Å². The van der Waals surface area contributed by atoms with Crippen LogP contribution < -0.4 is 10.6 Å². The largest absolute Gasteiger partial charge is 0.361 e. The molecule has 35 heavy (non-hydrogen) atoms. The van der Waals surface area contributed by atoms with E-state index in [1.807, 2.05) is 45.9 Å². The summed E-state index contributed by atoms with van der Waals surface area (Å²) < 4.78 is 1.96. The number of H-pyrrole nitrogens is 1. The van der Waals surface area contributed by atoms with Gasteiger partial charge in [-0.2, -0.15) is 9.97 Å². The van der Waals surface area contributed by atoms with Crippen molar-refractivity contribution in [1.82, 2.24) is 39.4 Å². The first-order chi connectivity index (χ1) is 17.2. The minimum absolute atomic E-state index is 0.205. The monoisotopic (exact) mass is 468 g/mol. The highest BCUT2D eigenvalue weighted by molar-refractivity contribution is 5.85. The Labute approximate surface area is 200 Å². The lowest BCUT2D eigenvalue weighted by Gasteiger charge is -2.16. The number of aromatic amines is 1. The fraction of sp³-hybridized carbons (Fsp3) is 0.250. The van der Waals surface area contributed by atoms with E-state index >= 15 is 0 Å². The Balaban J connectivity index is 1.30. The summed E-state index contributed by atoms with van der Waals surface area (Å²) in [7, 11) is 0. The molecule has 3 N–H and O–H groups in total. The topological polar surface area (TPSA) is 130 Å². The van der Waals surface area contributed by atoms with E-state index < -0.39 is 0 Å². The highest BCUT2D eigenvalue weighted by Gasteiger charge is 2.20. The van der Waals surface area contributed by atoms with E-state index in [4.69, 9.17) is 4.98 Å². The Morgan fingerprint density at radius 1 is 1.06 bits per heavy atom. The van der Waals surface area contributed by atoms with E-state index in [1.54, 1.807) is 18.7 Å². The first-order valence-electron chi connectivity index (χ1n) is 11.6. The fourth-order valence-electron chi connectivity index (χ4n) is 4.28. The molecule has 1 fully saturated rings. The standard InChI is InChI=1S/C24H24N10O/c35-20-8-4-10-33(20)11-12-34-15-27-21-22(26-14-19-29-17-6-1-2-7-18(17)30-19)31-24(32-23(21)34)28-16-5-3-9-25-13-16/h1-3,5-7,9,13,15H,4,8,10-12,14H2,(H,29,30)(H2,26,28,31,32). The Bertz CT molecular complexity index is 1460. The Hall–Kier alpha value is -4.54. The summed E-state index contributed by atoms with van der Waals surface area (Å²) in [6.45, 7) is 2.48. The summed E-state index contributed by atoms with van der Waals surface area (Å²) in [6, 6.07) is 11.7. The number of nitrogens with zero attached hydrogens (tertiary/aromatic N) is 7. The number of carbonyl (C=O) groups is 1. The molecule has 0 aliphatic carbocycles. The minimum atomic E-state index is 0.205. The van der Waals surface area contributed by atoms with Gasteiger partial charge in [0.05, 0.1) is 35.8 Å². The number of carbonyl (C=O) groups excluding carboxylic acids is 1. The lowest BCUT2D eigenvalue weighted by Crippen LogP contribution is -2.28. The van der Waals surface area contributed by atoms with E-state index in [0.717, 1.165) is 35.5 Å². The van der Waals surface area contributed by atoms with Crippen molar-refractivity contribution in [2.24, 2.45) is 0 Å². The van der Waals surface area contributed by atoms with E-state index in [9.17, 15) is 4.79 Å². The quantitative estimate of drug-likeness (QED) is 0.317. The second-order valence-corrected chi connectivity index (χ2v) is 8.41. The third-order valence-corrected chi connectivity index (χ3v) is 6.03. The number of rotatable bonds is 8. The Kier molecular flexibility index (Phi) is 5.41. The average Bonchev–Trinajstić information content (AvgIpc) is 3.60. The summed E-state index contributed by atoms with van der Waals surface area (Å²) >= 11 is 0. The van der Waals surface area contributed by atoms with Gasteiger partial charge in [0, 0.05) is 32.3 Å². The molecule has 5 aromatic rings. The van der Waals surface area contributed by atoms with Gasteiger partial charge in [-0.1, -0.05) is 12.1 Å². The molecule has 176 valence electrons. The van der Waals surface area contributed by atoms with Crippen LogP contribution in [0.25, 0.3) is 22.2 Å². The number of aromatic nitrogens is 7. The molecule has 1 amide bonds. The summed E-state index contributed by atoms with van der Waals surface area (Å²) in [5.74, 6) is 2.03. The molecule has 0 unspecified atom stereocenters. The first-order valence-corrected chi connectivity index (χ1v) is 11.6. The number of pyridine rings is 1. The Morgan fingerprint density at radius 3 is 2.83 bits per heavy atom. The number of benzene rings is 1. The van der Waals surface area contributed by atoms with Crippen molar-refractivity contribution in [3.63, 3.8) is 0 Å². The maximum absolute atomic E-state index is 12.0. The van der Waals surface area contributed by atoms with Gasteiger partial charge < -0.3 is 25.1 Å².